The summed E-state index contributed by atoms with van der Waals surface area (Å²) in [4.78, 5) is 11.9. The van der Waals surface area contributed by atoms with E-state index in [-0.39, 0.29) is 5.91 Å². The lowest BCUT2D eigenvalue weighted by atomic mass is 10.2. The van der Waals surface area contributed by atoms with Crippen LogP contribution in [0.2, 0.25) is 0 Å². The first-order valence-electron chi connectivity index (χ1n) is 8.32. The van der Waals surface area contributed by atoms with Gasteiger partial charge in [0.25, 0.3) is 0 Å². The monoisotopic (exact) mass is 355 g/mol. The van der Waals surface area contributed by atoms with E-state index >= 15 is 0 Å². The van der Waals surface area contributed by atoms with Crippen molar-refractivity contribution >= 4 is 17.7 Å². The van der Waals surface area contributed by atoms with Crippen LogP contribution in [0.3, 0.4) is 0 Å². The van der Waals surface area contributed by atoms with E-state index in [2.05, 4.69) is 5.32 Å². The third kappa shape index (κ3) is 5.57. The third-order valence-electron chi connectivity index (χ3n) is 3.71. The zero-order chi connectivity index (χ0) is 17.3. The van der Waals surface area contributed by atoms with Gasteiger partial charge in [0.05, 0.1) is 12.0 Å². The molecule has 1 N–H and O–H groups in total. The molecule has 0 aliphatic heterocycles. The maximum absolute atomic E-state index is 11.9. The highest BCUT2D eigenvalue weighted by atomic mass is 32.2. The summed E-state index contributed by atoms with van der Waals surface area (Å²) in [6.45, 7) is 0.664. The van der Waals surface area contributed by atoms with Crippen molar-refractivity contribution in [1.29, 1.82) is 0 Å². The molecule has 0 fully saturated rings. The lowest BCUT2D eigenvalue weighted by Gasteiger charge is -2.04. The first kappa shape index (κ1) is 17.4. The van der Waals surface area contributed by atoms with Gasteiger partial charge in [-0.3, -0.25) is 4.79 Å². The van der Waals surface area contributed by atoms with Crippen molar-refractivity contribution in [2.75, 3.05) is 12.3 Å². The van der Waals surface area contributed by atoms with Crippen LogP contribution >= 0.6 is 11.8 Å². The Labute approximate surface area is 151 Å². The first-order valence-corrected chi connectivity index (χ1v) is 9.48. The molecule has 5 heteroatoms. The number of carbonyl (C=O) groups is 1. The summed E-state index contributed by atoms with van der Waals surface area (Å²) < 4.78 is 11.1. The maximum Gasteiger partial charge on any atom is 0.220 e. The Balaban J connectivity index is 1.33. The van der Waals surface area contributed by atoms with Crippen LogP contribution in [0.25, 0.3) is 11.3 Å². The number of amides is 1. The molecule has 25 heavy (non-hydrogen) atoms. The van der Waals surface area contributed by atoms with Crippen LogP contribution in [0.5, 0.6) is 0 Å². The second-order valence-corrected chi connectivity index (χ2v) is 6.72. The van der Waals surface area contributed by atoms with Crippen molar-refractivity contribution in [3.05, 3.63) is 72.4 Å². The number of hydrogen-bond donors (Lipinski definition) is 1. The molecule has 0 saturated carbocycles. The van der Waals surface area contributed by atoms with Gasteiger partial charge in [-0.2, -0.15) is 11.8 Å². The summed E-state index contributed by atoms with van der Waals surface area (Å²) >= 11 is 1.74. The van der Waals surface area contributed by atoms with E-state index in [0.717, 1.165) is 34.3 Å². The highest BCUT2D eigenvalue weighted by Crippen LogP contribution is 2.22. The fourth-order valence-electron chi connectivity index (χ4n) is 2.43. The summed E-state index contributed by atoms with van der Waals surface area (Å²) in [5.74, 6) is 4.38. The molecule has 0 aliphatic carbocycles. The Morgan fingerprint density at radius 2 is 1.88 bits per heavy atom. The highest BCUT2D eigenvalue weighted by molar-refractivity contribution is 7.98. The molecule has 4 nitrogen and oxygen atoms in total. The summed E-state index contributed by atoms with van der Waals surface area (Å²) in [7, 11) is 0. The SMILES string of the molecule is O=C(CCc1ccc(-c2ccccc2)o1)NCCSCc1ccco1. The minimum absolute atomic E-state index is 0.0521. The fourth-order valence-corrected chi connectivity index (χ4v) is 3.18. The van der Waals surface area contributed by atoms with Crippen molar-refractivity contribution in [2.24, 2.45) is 0 Å². The normalized spacial score (nSPS) is 10.7. The Kier molecular flexibility index (Phi) is 6.40. The van der Waals surface area contributed by atoms with E-state index in [1.54, 1.807) is 18.0 Å². The quantitative estimate of drug-likeness (QED) is 0.573. The molecule has 0 aliphatic rings. The molecule has 3 aromatic rings. The summed E-state index contributed by atoms with van der Waals surface area (Å²) in [5.41, 5.74) is 1.05. The van der Waals surface area contributed by atoms with E-state index in [1.807, 2.05) is 54.6 Å². The number of furan rings is 2. The van der Waals surface area contributed by atoms with Crippen molar-refractivity contribution in [3.8, 4) is 11.3 Å². The average molecular weight is 355 g/mol. The van der Waals surface area contributed by atoms with Gasteiger partial charge in [0, 0.05) is 30.7 Å². The molecular formula is C20H21NO3S. The smallest absolute Gasteiger partial charge is 0.220 e. The van der Waals surface area contributed by atoms with Crippen LogP contribution < -0.4 is 5.32 Å². The van der Waals surface area contributed by atoms with Gasteiger partial charge in [0.15, 0.2) is 0 Å². The Morgan fingerprint density at radius 1 is 1.00 bits per heavy atom. The third-order valence-corrected chi connectivity index (χ3v) is 4.69. The van der Waals surface area contributed by atoms with E-state index < -0.39 is 0 Å². The topological polar surface area (TPSA) is 55.4 Å². The first-order chi connectivity index (χ1) is 12.3. The van der Waals surface area contributed by atoms with Gasteiger partial charge in [-0.1, -0.05) is 30.3 Å². The van der Waals surface area contributed by atoms with E-state index in [9.17, 15) is 4.79 Å². The highest BCUT2D eigenvalue weighted by Gasteiger charge is 2.07. The van der Waals surface area contributed by atoms with Crippen LogP contribution in [0.4, 0.5) is 0 Å². The zero-order valence-electron chi connectivity index (χ0n) is 13.9. The predicted octanol–water partition coefficient (Wildman–Crippen LogP) is 4.52. The van der Waals surface area contributed by atoms with Gasteiger partial charge in [-0.15, -0.1) is 0 Å². The number of hydrogen-bond acceptors (Lipinski definition) is 4. The fraction of sp³-hybridized carbons (Fsp3) is 0.250. The molecule has 1 aromatic carbocycles. The Morgan fingerprint density at radius 3 is 2.68 bits per heavy atom. The molecule has 0 unspecified atom stereocenters. The molecule has 0 radical (unpaired) electrons. The molecular weight excluding hydrogens is 334 g/mol. The van der Waals surface area contributed by atoms with Gasteiger partial charge >= 0.3 is 0 Å². The standard InChI is InChI=1S/C20H21NO3S/c22-20(21-12-14-25-15-18-7-4-13-23-18)11-9-17-8-10-19(24-17)16-5-2-1-3-6-16/h1-8,10,13H,9,11-12,14-15H2,(H,21,22). The predicted molar refractivity (Wildman–Crippen MR) is 100 cm³/mol. The van der Waals surface area contributed by atoms with Gasteiger partial charge in [0.1, 0.15) is 17.3 Å². The lowest BCUT2D eigenvalue weighted by molar-refractivity contribution is -0.121. The van der Waals surface area contributed by atoms with Crippen LogP contribution in [0, 0.1) is 0 Å². The second kappa shape index (κ2) is 9.18. The number of benzene rings is 1. The van der Waals surface area contributed by atoms with Crippen LogP contribution in [0.15, 0.2) is 69.7 Å². The number of rotatable bonds is 9. The lowest BCUT2D eigenvalue weighted by Crippen LogP contribution is -2.25. The van der Waals surface area contributed by atoms with Gasteiger partial charge in [-0.25, -0.2) is 0 Å². The van der Waals surface area contributed by atoms with E-state index in [1.165, 1.54) is 0 Å². The van der Waals surface area contributed by atoms with E-state index in [4.69, 9.17) is 8.83 Å². The van der Waals surface area contributed by atoms with Crippen LogP contribution in [-0.4, -0.2) is 18.2 Å². The largest absolute Gasteiger partial charge is 0.468 e. The summed E-state index contributed by atoms with van der Waals surface area (Å²) in [6.07, 6.45) is 2.72. The number of aryl methyl sites for hydroxylation is 1. The summed E-state index contributed by atoms with van der Waals surface area (Å²) in [6, 6.07) is 17.7. The molecule has 1 amide bonds. The van der Waals surface area contributed by atoms with Gasteiger partial charge in [0.2, 0.25) is 5.91 Å². The number of carbonyl (C=O) groups excluding carboxylic acids is 1. The number of thioether (sulfide) groups is 1. The molecule has 0 saturated heterocycles. The van der Waals surface area contributed by atoms with Crippen molar-refractivity contribution in [3.63, 3.8) is 0 Å². The molecule has 0 atom stereocenters. The average Bonchev–Trinajstić information content (AvgIpc) is 3.32. The van der Waals surface area contributed by atoms with Crippen LogP contribution in [0.1, 0.15) is 17.9 Å². The van der Waals surface area contributed by atoms with E-state index in [0.29, 0.717) is 19.4 Å². The van der Waals surface area contributed by atoms with Crippen molar-refractivity contribution < 1.29 is 13.6 Å². The molecule has 2 aromatic heterocycles. The second-order valence-electron chi connectivity index (χ2n) is 5.61. The maximum atomic E-state index is 11.9. The molecule has 3 rings (SSSR count). The van der Waals surface area contributed by atoms with Crippen LogP contribution in [-0.2, 0) is 17.0 Å². The summed E-state index contributed by atoms with van der Waals surface area (Å²) in [5, 5.41) is 2.94. The molecule has 2 heterocycles. The Hall–Kier alpha value is -2.40. The minimum atomic E-state index is 0.0521. The van der Waals surface area contributed by atoms with Crippen molar-refractivity contribution in [1.82, 2.24) is 5.32 Å². The van der Waals surface area contributed by atoms with Crippen molar-refractivity contribution in [2.45, 2.75) is 18.6 Å². The molecule has 0 bridgehead atoms. The Bertz CT molecular complexity index is 765. The number of nitrogens with one attached hydrogen (secondary N) is 1. The van der Waals surface area contributed by atoms with Gasteiger partial charge < -0.3 is 14.2 Å². The molecule has 130 valence electrons. The molecule has 0 spiro atoms. The van der Waals surface area contributed by atoms with Gasteiger partial charge in [-0.05, 0) is 24.3 Å². The zero-order valence-corrected chi connectivity index (χ0v) is 14.8. The minimum Gasteiger partial charge on any atom is -0.468 e.